The first-order chi connectivity index (χ1) is 7.36. The molecule has 0 spiro atoms. The van der Waals surface area contributed by atoms with Gasteiger partial charge in [0.15, 0.2) is 0 Å². The lowest BCUT2D eigenvalue weighted by atomic mass is 9.99. The standard InChI is InChI=1S/C13H21FN2/c1-5-13(2,3)16(4)9-10-6-7-11(15)8-12(10)14/h6-8H,5,9,15H2,1-4H3. The van der Waals surface area contributed by atoms with Crippen molar-refractivity contribution in [3.05, 3.63) is 29.6 Å². The Bertz CT molecular complexity index is 361. The van der Waals surface area contributed by atoms with Crippen molar-refractivity contribution in [3.8, 4) is 0 Å². The number of nitrogens with zero attached hydrogens (tertiary/aromatic N) is 1. The average molecular weight is 224 g/mol. The zero-order valence-electron chi connectivity index (χ0n) is 10.5. The summed E-state index contributed by atoms with van der Waals surface area (Å²) in [6.45, 7) is 7.05. The van der Waals surface area contributed by atoms with Crippen LogP contribution in [0.1, 0.15) is 32.8 Å². The summed E-state index contributed by atoms with van der Waals surface area (Å²) in [5.74, 6) is -0.223. The predicted molar refractivity (Wildman–Crippen MR) is 66.6 cm³/mol. The number of halogens is 1. The fourth-order valence-electron chi connectivity index (χ4n) is 1.43. The molecule has 0 saturated heterocycles. The maximum absolute atomic E-state index is 13.6. The molecule has 0 fully saturated rings. The van der Waals surface area contributed by atoms with Crippen LogP contribution in [0.3, 0.4) is 0 Å². The molecule has 2 nitrogen and oxygen atoms in total. The molecule has 1 rings (SSSR count). The van der Waals surface area contributed by atoms with E-state index >= 15 is 0 Å². The van der Waals surface area contributed by atoms with Gasteiger partial charge in [0.25, 0.3) is 0 Å². The van der Waals surface area contributed by atoms with Crippen molar-refractivity contribution in [1.29, 1.82) is 0 Å². The number of anilines is 1. The molecule has 0 atom stereocenters. The number of hydrogen-bond donors (Lipinski definition) is 1. The second kappa shape index (κ2) is 4.83. The molecule has 0 aliphatic heterocycles. The van der Waals surface area contributed by atoms with Gasteiger partial charge in [0.2, 0.25) is 0 Å². The Morgan fingerprint density at radius 3 is 2.50 bits per heavy atom. The monoisotopic (exact) mass is 224 g/mol. The molecule has 0 unspecified atom stereocenters. The van der Waals surface area contributed by atoms with Gasteiger partial charge in [0.05, 0.1) is 0 Å². The van der Waals surface area contributed by atoms with E-state index in [0.717, 1.165) is 6.42 Å². The summed E-state index contributed by atoms with van der Waals surface area (Å²) in [5, 5.41) is 0. The number of nitrogens with two attached hydrogens (primary N) is 1. The van der Waals surface area contributed by atoms with Crippen LogP contribution in [0.15, 0.2) is 18.2 Å². The van der Waals surface area contributed by atoms with Crippen molar-refractivity contribution < 1.29 is 4.39 Å². The zero-order valence-corrected chi connectivity index (χ0v) is 10.5. The molecule has 2 N–H and O–H groups in total. The lowest BCUT2D eigenvalue weighted by Crippen LogP contribution is -2.39. The van der Waals surface area contributed by atoms with Crippen LogP contribution in [0.4, 0.5) is 10.1 Å². The molecule has 0 saturated carbocycles. The SMILES string of the molecule is CCC(C)(C)N(C)Cc1ccc(N)cc1F. The molecular weight excluding hydrogens is 203 g/mol. The largest absolute Gasteiger partial charge is 0.399 e. The molecule has 0 amide bonds. The molecule has 16 heavy (non-hydrogen) atoms. The molecule has 0 aliphatic carbocycles. The highest BCUT2D eigenvalue weighted by Gasteiger charge is 2.21. The lowest BCUT2D eigenvalue weighted by molar-refractivity contribution is 0.141. The third-order valence-corrected chi connectivity index (χ3v) is 3.38. The highest BCUT2D eigenvalue weighted by Crippen LogP contribution is 2.21. The van der Waals surface area contributed by atoms with E-state index in [2.05, 4.69) is 25.7 Å². The van der Waals surface area contributed by atoms with Gasteiger partial charge in [-0.15, -0.1) is 0 Å². The van der Waals surface area contributed by atoms with E-state index in [1.165, 1.54) is 6.07 Å². The van der Waals surface area contributed by atoms with Crippen molar-refractivity contribution >= 4 is 5.69 Å². The van der Waals surface area contributed by atoms with Crippen molar-refractivity contribution in [3.63, 3.8) is 0 Å². The third-order valence-electron chi connectivity index (χ3n) is 3.38. The molecule has 90 valence electrons. The summed E-state index contributed by atoms with van der Waals surface area (Å²) in [4.78, 5) is 2.15. The van der Waals surface area contributed by atoms with E-state index < -0.39 is 0 Å². The maximum Gasteiger partial charge on any atom is 0.129 e. The lowest BCUT2D eigenvalue weighted by Gasteiger charge is -2.34. The normalized spacial score (nSPS) is 12.1. The van der Waals surface area contributed by atoms with Gasteiger partial charge in [-0.2, -0.15) is 0 Å². The number of hydrogen-bond acceptors (Lipinski definition) is 2. The summed E-state index contributed by atoms with van der Waals surface area (Å²) >= 11 is 0. The van der Waals surface area contributed by atoms with Crippen LogP contribution in [0.5, 0.6) is 0 Å². The predicted octanol–water partition coefficient (Wildman–Crippen LogP) is 3.03. The van der Waals surface area contributed by atoms with Crippen LogP contribution in [-0.2, 0) is 6.54 Å². The van der Waals surface area contributed by atoms with E-state index in [9.17, 15) is 4.39 Å². The van der Waals surface area contributed by atoms with E-state index in [4.69, 9.17) is 5.73 Å². The Kier molecular flexibility index (Phi) is 3.92. The first kappa shape index (κ1) is 13.0. The van der Waals surface area contributed by atoms with Gasteiger partial charge in [0.1, 0.15) is 5.82 Å². The molecule has 3 heteroatoms. The van der Waals surface area contributed by atoms with Crippen LogP contribution in [-0.4, -0.2) is 17.5 Å². The summed E-state index contributed by atoms with van der Waals surface area (Å²) in [7, 11) is 2.01. The molecule has 1 aromatic rings. The second-order valence-corrected chi connectivity index (χ2v) is 4.87. The summed E-state index contributed by atoms with van der Waals surface area (Å²) in [6.07, 6.45) is 1.03. The Morgan fingerprint density at radius 2 is 2.00 bits per heavy atom. The average Bonchev–Trinajstić information content (AvgIpc) is 2.22. The maximum atomic E-state index is 13.6. The van der Waals surface area contributed by atoms with Crippen molar-refractivity contribution in [2.24, 2.45) is 0 Å². The third kappa shape index (κ3) is 2.95. The summed E-state index contributed by atoms with van der Waals surface area (Å²) < 4.78 is 13.6. The van der Waals surface area contributed by atoms with E-state index in [1.807, 2.05) is 7.05 Å². The smallest absolute Gasteiger partial charge is 0.129 e. The quantitative estimate of drug-likeness (QED) is 0.796. The first-order valence-corrected chi connectivity index (χ1v) is 5.62. The fraction of sp³-hybridized carbons (Fsp3) is 0.538. The fourth-order valence-corrected chi connectivity index (χ4v) is 1.43. The minimum atomic E-state index is -0.223. The molecule has 0 aliphatic rings. The Hall–Kier alpha value is -1.09. The first-order valence-electron chi connectivity index (χ1n) is 5.62. The van der Waals surface area contributed by atoms with Gasteiger partial charge in [-0.25, -0.2) is 4.39 Å². The topological polar surface area (TPSA) is 29.3 Å². The van der Waals surface area contributed by atoms with Crippen LogP contribution in [0, 0.1) is 5.82 Å². The van der Waals surface area contributed by atoms with E-state index in [1.54, 1.807) is 12.1 Å². The van der Waals surface area contributed by atoms with Gasteiger partial charge < -0.3 is 5.73 Å². The van der Waals surface area contributed by atoms with Gasteiger partial charge >= 0.3 is 0 Å². The van der Waals surface area contributed by atoms with E-state index in [0.29, 0.717) is 17.8 Å². The molecule has 0 heterocycles. The summed E-state index contributed by atoms with van der Waals surface area (Å²) in [6, 6.07) is 4.88. The van der Waals surface area contributed by atoms with Gasteiger partial charge in [0, 0.05) is 23.3 Å². The van der Waals surface area contributed by atoms with Crippen LogP contribution >= 0.6 is 0 Å². The van der Waals surface area contributed by atoms with Crippen molar-refractivity contribution in [1.82, 2.24) is 4.90 Å². The summed E-state index contributed by atoms with van der Waals surface area (Å²) in [5.41, 5.74) is 6.76. The van der Waals surface area contributed by atoms with Crippen LogP contribution in [0.2, 0.25) is 0 Å². The van der Waals surface area contributed by atoms with Gasteiger partial charge in [-0.05, 0) is 39.4 Å². The second-order valence-electron chi connectivity index (χ2n) is 4.87. The molecule has 0 radical (unpaired) electrons. The number of nitrogen functional groups attached to an aromatic ring is 1. The molecule has 0 bridgehead atoms. The minimum Gasteiger partial charge on any atom is -0.399 e. The minimum absolute atomic E-state index is 0.0772. The Balaban J connectivity index is 2.81. The van der Waals surface area contributed by atoms with Crippen LogP contribution < -0.4 is 5.73 Å². The Morgan fingerprint density at radius 1 is 1.38 bits per heavy atom. The van der Waals surface area contributed by atoms with Gasteiger partial charge in [-0.1, -0.05) is 13.0 Å². The molecular formula is C13H21FN2. The van der Waals surface area contributed by atoms with Crippen molar-refractivity contribution in [2.75, 3.05) is 12.8 Å². The van der Waals surface area contributed by atoms with Crippen LogP contribution in [0.25, 0.3) is 0 Å². The van der Waals surface area contributed by atoms with E-state index in [-0.39, 0.29) is 11.4 Å². The Labute approximate surface area is 97.3 Å². The highest BCUT2D eigenvalue weighted by molar-refractivity contribution is 5.40. The molecule has 1 aromatic carbocycles. The number of rotatable bonds is 4. The highest BCUT2D eigenvalue weighted by atomic mass is 19.1. The zero-order chi connectivity index (χ0) is 12.3. The van der Waals surface area contributed by atoms with Gasteiger partial charge in [-0.3, -0.25) is 4.90 Å². The van der Waals surface area contributed by atoms with Crippen molar-refractivity contribution in [2.45, 2.75) is 39.3 Å². The molecule has 0 aromatic heterocycles. The number of benzene rings is 1.